The minimum absolute atomic E-state index is 0.134. The number of esters is 1. The second-order valence-electron chi connectivity index (χ2n) is 9.22. The lowest BCUT2D eigenvalue weighted by molar-refractivity contribution is 0.00599. The molecule has 0 saturated carbocycles. The number of benzene rings is 1. The van der Waals surface area contributed by atoms with Gasteiger partial charge in [-0.2, -0.15) is 0 Å². The van der Waals surface area contributed by atoms with Gasteiger partial charge in [-0.05, 0) is 52.8 Å². The summed E-state index contributed by atoms with van der Waals surface area (Å²) in [6.07, 6.45) is 1.52. The van der Waals surface area contributed by atoms with Crippen LogP contribution in [0, 0.1) is 5.82 Å². The number of ether oxygens (including phenoxy) is 2. The first-order valence-electron chi connectivity index (χ1n) is 10.3. The van der Waals surface area contributed by atoms with E-state index in [9.17, 15) is 14.0 Å². The van der Waals surface area contributed by atoms with E-state index < -0.39 is 22.9 Å². The van der Waals surface area contributed by atoms with Crippen molar-refractivity contribution < 1.29 is 23.5 Å². The summed E-state index contributed by atoms with van der Waals surface area (Å²) in [5.74, 6) is -1.02. The minimum Gasteiger partial charge on any atom is -0.455 e. The van der Waals surface area contributed by atoms with E-state index in [0.29, 0.717) is 43.4 Å². The van der Waals surface area contributed by atoms with Crippen molar-refractivity contribution in [3.05, 3.63) is 41.7 Å². The third-order valence-corrected chi connectivity index (χ3v) is 5.41. The SMILES string of the molecule is CC(C)(C)OC(=O)c1ncn2c1C(C)(C)N(C(=O)N1CCOCC1)c1cc(F)ccc1-2. The van der Waals surface area contributed by atoms with Gasteiger partial charge in [-0.25, -0.2) is 19.0 Å². The molecule has 8 nitrogen and oxygen atoms in total. The van der Waals surface area contributed by atoms with Crippen molar-refractivity contribution in [2.24, 2.45) is 0 Å². The molecular formula is C22H27FN4O4. The highest BCUT2D eigenvalue weighted by molar-refractivity contribution is 5.99. The number of carbonyl (C=O) groups excluding carboxylic acids is 2. The maximum Gasteiger partial charge on any atom is 0.359 e. The zero-order valence-electron chi connectivity index (χ0n) is 18.4. The molecule has 166 valence electrons. The van der Waals surface area contributed by atoms with Gasteiger partial charge < -0.3 is 14.4 Å². The molecule has 2 amide bonds. The molecule has 2 aromatic rings. The van der Waals surface area contributed by atoms with E-state index >= 15 is 0 Å². The molecule has 4 rings (SSSR count). The van der Waals surface area contributed by atoms with Gasteiger partial charge in [0.2, 0.25) is 0 Å². The van der Waals surface area contributed by atoms with Crippen LogP contribution in [0.1, 0.15) is 50.8 Å². The number of carbonyl (C=O) groups is 2. The van der Waals surface area contributed by atoms with Crippen molar-refractivity contribution in [1.82, 2.24) is 14.5 Å². The molecule has 31 heavy (non-hydrogen) atoms. The van der Waals surface area contributed by atoms with Crippen molar-refractivity contribution >= 4 is 17.7 Å². The minimum atomic E-state index is -1.00. The molecule has 1 aromatic carbocycles. The highest BCUT2D eigenvalue weighted by Gasteiger charge is 2.46. The monoisotopic (exact) mass is 430 g/mol. The van der Waals surface area contributed by atoms with Crippen LogP contribution in [0.4, 0.5) is 14.9 Å². The van der Waals surface area contributed by atoms with Gasteiger partial charge in [0, 0.05) is 13.1 Å². The van der Waals surface area contributed by atoms with E-state index in [2.05, 4.69) is 4.98 Å². The van der Waals surface area contributed by atoms with Crippen LogP contribution in [0.25, 0.3) is 5.69 Å². The topological polar surface area (TPSA) is 76.9 Å². The Morgan fingerprint density at radius 3 is 2.48 bits per heavy atom. The zero-order valence-corrected chi connectivity index (χ0v) is 18.4. The number of urea groups is 1. The van der Waals surface area contributed by atoms with Gasteiger partial charge in [0.1, 0.15) is 17.7 Å². The number of anilines is 1. The fourth-order valence-corrected chi connectivity index (χ4v) is 4.12. The number of hydrogen-bond acceptors (Lipinski definition) is 5. The van der Waals surface area contributed by atoms with Gasteiger partial charge in [0.25, 0.3) is 0 Å². The van der Waals surface area contributed by atoms with Crippen LogP contribution < -0.4 is 4.90 Å². The first-order valence-corrected chi connectivity index (χ1v) is 10.3. The molecule has 0 unspecified atom stereocenters. The maximum atomic E-state index is 14.3. The van der Waals surface area contributed by atoms with Gasteiger partial charge in [-0.1, -0.05) is 0 Å². The Morgan fingerprint density at radius 1 is 1.16 bits per heavy atom. The molecule has 0 radical (unpaired) electrons. The Hall–Kier alpha value is -2.94. The molecule has 2 aliphatic rings. The van der Waals surface area contributed by atoms with Crippen LogP contribution in [-0.2, 0) is 15.0 Å². The first-order chi connectivity index (χ1) is 14.5. The average Bonchev–Trinajstić information content (AvgIpc) is 3.13. The van der Waals surface area contributed by atoms with E-state index in [4.69, 9.17) is 9.47 Å². The van der Waals surface area contributed by atoms with E-state index in [1.54, 1.807) is 41.2 Å². The molecule has 1 fully saturated rings. The van der Waals surface area contributed by atoms with Crippen LogP contribution in [-0.4, -0.2) is 58.4 Å². The van der Waals surface area contributed by atoms with Gasteiger partial charge in [0.15, 0.2) is 5.69 Å². The lowest BCUT2D eigenvalue weighted by atomic mass is 9.91. The van der Waals surface area contributed by atoms with E-state index in [1.165, 1.54) is 18.5 Å². The molecule has 3 heterocycles. The first kappa shape index (κ1) is 21.3. The van der Waals surface area contributed by atoms with Crippen LogP contribution in [0.5, 0.6) is 0 Å². The summed E-state index contributed by atoms with van der Waals surface area (Å²) < 4.78 is 26.9. The lowest BCUT2D eigenvalue weighted by Crippen LogP contribution is -2.57. The smallest absolute Gasteiger partial charge is 0.359 e. The number of rotatable bonds is 1. The van der Waals surface area contributed by atoms with Gasteiger partial charge in [-0.3, -0.25) is 9.47 Å². The van der Waals surface area contributed by atoms with Gasteiger partial charge in [-0.15, -0.1) is 0 Å². The third kappa shape index (κ3) is 3.67. The quantitative estimate of drug-likeness (QED) is 0.648. The van der Waals surface area contributed by atoms with Crippen LogP contribution in [0.2, 0.25) is 0 Å². The number of fused-ring (bicyclic) bond motifs is 3. The Morgan fingerprint density at radius 2 is 1.84 bits per heavy atom. The third-order valence-electron chi connectivity index (χ3n) is 5.41. The highest BCUT2D eigenvalue weighted by atomic mass is 19.1. The molecule has 9 heteroatoms. The number of imidazole rings is 1. The predicted molar refractivity (Wildman–Crippen MR) is 112 cm³/mol. The van der Waals surface area contributed by atoms with Crippen molar-refractivity contribution in [3.8, 4) is 5.69 Å². The summed E-state index contributed by atoms with van der Waals surface area (Å²) in [5, 5.41) is 0. The van der Waals surface area contributed by atoms with Crippen LogP contribution in [0.3, 0.4) is 0 Å². The fourth-order valence-electron chi connectivity index (χ4n) is 4.12. The summed E-state index contributed by atoms with van der Waals surface area (Å²) in [4.78, 5) is 34.1. The zero-order chi connectivity index (χ0) is 22.6. The Kier molecular flexibility index (Phi) is 5.04. The van der Waals surface area contributed by atoms with E-state index in [1.807, 2.05) is 13.8 Å². The van der Waals surface area contributed by atoms with Crippen LogP contribution >= 0.6 is 0 Å². The van der Waals surface area contributed by atoms with E-state index in [0.717, 1.165) is 0 Å². The summed E-state index contributed by atoms with van der Waals surface area (Å²) in [5.41, 5.74) is -0.0609. The molecule has 0 bridgehead atoms. The highest BCUT2D eigenvalue weighted by Crippen LogP contribution is 2.44. The summed E-state index contributed by atoms with van der Waals surface area (Å²) in [7, 11) is 0. The normalized spacial score (nSPS) is 17.7. The molecule has 2 aliphatic heterocycles. The molecule has 0 N–H and O–H groups in total. The maximum absolute atomic E-state index is 14.3. The van der Waals surface area contributed by atoms with Crippen molar-refractivity contribution in [2.75, 3.05) is 31.2 Å². The predicted octanol–water partition coefficient (Wildman–Crippen LogP) is 3.47. The summed E-state index contributed by atoms with van der Waals surface area (Å²) in [6.45, 7) is 10.7. The molecule has 0 aliphatic carbocycles. The number of morpholine rings is 1. The molecule has 0 atom stereocenters. The number of amides is 2. The molecular weight excluding hydrogens is 403 g/mol. The van der Waals surface area contributed by atoms with Crippen LogP contribution in [0.15, 0.2) is 24.5 Å². The van der Waals surface area contributed by atoms with E-state index in [-0.39, 0.29) is 11.7 Å². The largest absolute Gasteiger partial charge is 0.455 e. The van der Waals surface area contributed by atoms with Gasteiger partial charge in [0.05, 0.1) is 35.8 Å². The lowest BCUT2D eigenvalue weighted by Gasteiger charge is -2.46. The van der Waals surface area contributed by atoms with Crippen molar-refractivity contribution in [3.63, 3.8) is 0 Å². The second kappa shape index (κ2) is 7.33. The summed E-state index contributed by atoms with van der Waals surface area (Å²) >= 11 is 0. The average molecular weight is 430 g/mol. The Labute approximate surface area is 180 Å². The number of aromatic nitrogens is 2. The fraction of sp³-hybridized carbons (Fsp3) is 0.500. The summed E-state index contributed by atoms with van der Waals surface area (Å²) in [6, 6.07) is 3.98. The number of nitrogens with zero attached hydrogens (tertiary/aromatic N) is 4. The van der Waals surface area contributed by atoms with Gasteiger partial charge >= 0.3 is 12.0 Å². The standard InChI is InChI=1S/C22H27FN4O4/c1-21(2,3)31-19(28)17-18-22(4,5)27(20(29)25-8-10-30-11-9-25)16-12-14(23)6-7-15(16)26(18)13-24-17/h6-7,12-13H,8-11H2,1-5H3. The molecule has 1 saturated heterocycles. The molecule has 1 aromatic heterocycles. The molecule has 0 spiro atoms. The van der Waals surface area contributed by atoms with Crippen molar-refractivity contribution in [1.29, 1.82) is 0 Å². The number of halogens is 1. The Bertz CT molecular complexity index is 1030. The second-order valence-corrected chi connectivity index (χ2v) is 9.22. The number of hydrogen-bond donors (Lipinski definition) is 0. The van der Waals surface area contributed by atoms with Crippen molar-refractivity contribution in [2.45, 2.75) is 45.8 Å². The Balaban J connectivity index is 1.87.